The first-order valence-electron chi connectivity index (χ1n) is 5.89. The molecule has 0 aliphatic carbocycles. The molecule has 2 aromatic carbocycles. The number of rotatable bonds is 1. The SMILES string of the molecule is O=C1OC(c2ccccc2)Cc2c1ccc(Cl)c2Cl. The molecule has 1 heterocycles. The quantitative estimate of drug-likeness (QED) is 0.726. The summed E-state index contributed by atoms with van der Waals surface area (Å²) >= 11 is 12.2. The normalized spacial score (nSPS) is 17.8. The van der Waals surface area contributed by atoms with E-state index in [2.05, 4.69) is 0 Å². The Labute approximate surface area is 120 Å². The van der Waals surface area contributed by atoms with Crippen LogP contribution in [-0.2, 0) is 11.2 Å². The topological polar surface area (TPSA) is 26.3 Å². The molecular formula is C15H10Cl2O2. The number of benzene rings is 2. The second-order valence-corrected chi connectivity index (χ2v) is 5.18. The number of esters is 1. The van der Waals surface area contributed by atoms with Crippen LogP contribution in [0.4, 0.5) is 0 Å². The molecule has 0 spiro atoms. The van der Waals surface area contributed by atoms with Crippen molar-refractivity contribution in [3.63, 3.8) is 0 Å². The summed E-state index contributed by atoms with van der Waals surface area (Å²) < 4.78 is 5.45. The number of carbonyl (C=O) groups excluding carboxylic acids is 1. The fourth-order valence-electron chi connectivity index (χ4n) is 2.26. The van der Waals surface area contributed by atoms with Crippen LogP contribution in [0.3, 0.4) is 0 Å². The van der Waals surface area contributed by atoms with Gasteiger partial charge in [-0.25, -0.2) is 4.79 Å². The highest BCUT2D eigenvalue weighted by molar-refractivity contribution is 6.42. The fraction of sp³-hybridized carbons (Fsp3) is 0.133. The van der Waals surface area contributed by atoms with Gasteiger partial charge in [0.2, 0.25) is 0 Å². The van der Waals surface area contributed by atoms with Gasteiger partial charge in [0.05, 0.1) is 15.6 Å². The lowest BCUT2D eigenvalue weighted by Gasteiger charge is -2.26. The van der Waals surface area contributed by atoms with Crippen molar-refractivity contribution in [2.75, 3.05) is 0 Å². The zero-order valence-electron chi connectivity index (χ0n) is 9.90. The standard InChI is InChI=1S/C15H10Cl2O2/c16-12-7-6-10-11(14(12)17)8-13(19-15(10)18)9-4-2-1-3-5-9/h1-7,13H,8H2. The van der Waals surface area contributed by atoms with E-state index in [0.29, 0.717) is 22.0 Å². The Morgan fingerprint density at radius 1 is 1.05 bits per heavy atom. The molecule has 0 saturated heterocycles. The first kappa shape index (κ1) is 12.5. The Bertz CT molecular complexity index is 638. The molecule has 19 heavy (non-hydrogen) atoms. The Morgan fingerprint density at radius 2 is 1.79 bits per heavy atom. The van der Waals surface area contributed by atoms with Crippen molar-refractivity contribution in [2.24, 2.45) is 0 Å². The summed E-state index contributed by atoms with van der Waals surface area (Å²) in [6, 6.07) is 12.9. The van der Waals surface area contributed by atoms with Crippen molar-refractivity contribution in [1.29, 1.82) is 0 Å². The van der Waals surface area contributed by atoms with E-state index in [-0.39, 0.29) is 12.1 Å². The summed E-state index contributed by atoms with van der Waals surface area (Å²) in [5.74, 6) is -0.353. The zero-order valence-corrected chi connectivity index (χ0v) is 11.4. The van der Waals surface area contributed by atoms with Crippen LogP contribution in [-0.4, -0.2) is 5.97 Å². The molecule has 1 aliphatic heterocycles. The van der Waals surface area contributed by atoms with Gasteiger partial charge in [0.25, 0.3) is 0 Å². The van der Waals surface area contributed by atoms with Crippen LogP contribution >= 0.6 is 23.2 Å². The highest BCUT2D eigenvalue weighted by Gasteiger charge is 2.29. The van der Waals surface area contributed by atoms with Gasteiger partial charge >= 0.3 is 5.97 Å². The number of cyclic esters (lactones) is 1. The molecule has 0 N–H and O–H groups in total. The van der Waals surface area contributed by atoms with Gasteiger partial charge in [-0.05, 0) is 23.3 Å². The van der Waals surface area contributed by atoms with Crippen LogP contribution in [0, 0.1) is 0 Å². The first-order chi connectivity index (χ1) is 9.16. The van der Waals surface area contributed by atoms with E-state index in [1.165, 1.54) is 0 Å². The number of ether oxygens (including phenoxy) is 1. The van der Waals surface area contributed by atoms with Gasteiger partial charge < -0.3 is 4.74 Å². The lowest BCUT2D eigenvalue weighted by atomic mass is 9.94. The minimum atomic E-state index is -0.353. The number of hydrogen-bond donors (Lipinski definition) is 0. The van der Waals surface area contributed by atoms with E-state index < -0.39 is 0 Å². The maximum atomic E-state index is 12.0. The van der Waals surface area contributed by atoms with E-state index in [9.17, 15) is 4.79 Å². The van der Waals surface area contributed by atoms with E-state index in [1.54, 1.807) is 12.1 Å². The predicted octanol–water partition coefficient (Wildman–Crippen LogP) is 4.45. The number of carbonyl (C=O) groups is 1. The molecule has 2 nitrogen and oxygen atoms in total. The molecule has 0 bridgehead atoms. The van der Waals surface area contributed by atoms with E-state index >= 15 is 0 Å². The van der Waals surface area contributed by atoms with Crippen molar-refractivity contribution in [3.8, 4) is 0 Å². The van der Waals surface area contributed by atoms with Gasteiger partial charge in [-0.3, -0.25) is 0 Å². The molecule has 96 valence electrons. The maximum Gasteiger partial charge on any atom is 0.339 e. The largest absolute Gasteiger partial charge is 0.454 e. The lowest BCUT2D eigenvalue weighted by Crippen LogP contribution is -2.22. The van der Waals surface area contributed by atoms with Crippen molar-refractivity contribution in [2.45, 2.75) is 12.5 Å². The Morgan fingerprint density at radius 3 is 2.53 bits per heavy atom. The van der Waals surface area contributed by atoms with Crippen molar-refractivity contribution in [1.82, 2.24) is 0 Å². The Hall–Kier alpha value is -1.51. The molecule has 3 rings (SSSR count). The molecule has 4 heteroatoms. The van der Waals surface area contributed by atoms with Gasteiger partial charge in [0, 0.05) is 6.42 Å². The summed E-state index contributed by atoms with van der Waals surface area (Å²) in [6.45, 7) is 0. The molecule has 1 atom stereocenters. The molecule has 1 aliphatic rings. The number of halogens is 2. The highest BCUT2D eigenvalue weighted by Crippen LogP contribution is 2.37. The summed E-state index contributed by atoms with van der Waals surface area (Å²) in [5, 5.41) is 0.902. The van der Waals surface area contributed by atoms with Crippen molar-refractivity contribution < 1.29 is 9.53 Å². The van der Waals surface area contributed by atoms with Crippen LogP contribution in [0.1, 0.15) is 27.6 Å². The van der Waals surface area contributed by atoms with Crippen molar-refractivity contribution >= 4 is 29.2 Å². The minimum absolute atomic E-state index is 0.308. The molecular weight excluding hydrogens is 283 g/mol. The second kappa shape index (κ2) is 4.87. The molecule has 0 saturated carbocycles. The Kier molecular flexibility index (Phi) is 3.21. The van der Waals surface area contributed by atoms with Crippen LogP contribution in [0.2, 0.25) is 10.0 Å². The monoisotopic (exact) mass is 292 g/mol. The van der Waals surface area contributed by atoms with Gasteiger partial charge in [-0.2, -0.15) is 0 Å². The van der Waals surface area contributed by atoms with Gasteiger partial charge in [0.1, 0.15) is 6.10 Å². The number of fused-ring (bicyclic) bond motifs is 1. The predicted molar refractivity (Wildman–Crippen MR) is 74.8 cm³/mol. The van der Waals surface area contributed by atoms with Gasteiger partial charge in [-0.1, -0.05) is 53.5 Å². The van der Waals surface area contributed by atoms with E-state index in [4.69, 9.17) is 27.9 Å². The average Bonchev–Trinajstić information content (AvgIpc) is 2.44. The molecule has 0 radical (unpaired) electrons. The molecule has 1 unspecified atom stereocenters. The van der Waals surface area contributed by atoms with E-state index in [1.807, 2.05) is 30.3 Å². The van der Waals surface area contributed by atoms with Gasteiger partial charge in [-0.15, -0.1) is 0 Å². The fourth-order valence-corrected chi connectivity index (χ4v) is 2.68. The zero-order chi connectivity index (χ0) is 13.4. The number of hydrogen-bond acceptors (Lipinski definition) is 2. The van der Waals surface area contributed by atoms with Crippen LogP contribution < -0.4 is 0 Å². The van der Waals surface area contributed by atoms with Crippen molar-refractivity contribution in [3.05, 3.63) is 69.2 Å². The summed E-state index contributed by atoms with van der Waals surface area (Å²) in [5.41, 5.74) is 2.22. The summed E-state index contributed by atoms with van der Waals surface area (Å²) in [6.07, 6.45) is 0.238. The Balaban J connectivity index is 2.04. The first-order valence-corrected chi connectivity index (χ1v) is 6.65. The smallest absolute Gasteiger partial charge is 0.339 e. The average molecular weight is 293 g/mol. The minimum Gasteiger partial charge on any atom is -0.454 e. The van der Waals surface area contributed by atoms with E-state index in [0.717, 1.165) is 11.1 Å². The van der Waals surface area contributed by atoms with Crippen LogP contribution in [0.25, 0.3) is 0 Å². The highest BCUT2D eigenvalue weighted by atomic mass is 35.5. The summed E-state index contributed by atoms with van der Waals surface area (Å²) in [4.78, 5) is 12.0. The molecule has 2 aromatic rings. The molecule has 0 amide bonds. The summed E-state index contributed by atoms with van der Waals surface area (Å²) in [7, 11) is 0. The maximum absolute atomic E-state index is 12.0. The van der Waals surface area contributed by atoms with Crippen LogP contribution in [0.15, 0.2) is 42.5 Å². The lowest BCUT2D eigenvalue weighted by molar-refractivity contribution is 0.0253. The third kappa shape index (κ3) is 2.22. The van der Waals surface area contributed by atoms with Crippen LogP contribution in [0.5, 0.6) is 0 Å². The molecule has 0 fully saturated rings. The third-order valence-electron chi connectivity index (χ3n) is 3.23. The second-order valence-electron chi connectivity index (χ2n) is 4.40. The van der Waals surface area contributed by atoms with Gasteiger partial charge in [0.15, 0.2) is 0 Å². The third-order valence-corrected chi connectivity index (χ3v) is 4.07. The molecule has 0 aromatic heterocycles.